The van der Waals surface area contributed by atoms with Crippen LogP contribution in [0.5, 0.6) is 0 Å². The Kier molecular flexibility index (Phi) is 4.94. The Morgan fingerprint density at radius 2 is 2.29 bits per heavy atom. The van der Waals surface area contributed by atoms with Crippen molar-refractivity contribution in [2.24, 2.45) is 7.05 Å². The lowest BCUT2D eigenvalue weighted by molar-refractivity contribution is -0.129. The van der Waals surface area contributed by atoms with Crippen LogP contribution in [0.25, 0.3) is 0 Å². The standard InChI is InChI=1S/C16H23FN6O/c1-21(16(24)8-13-3-5-18-20-13)10-15-7-12(17)9-23(15)11-14-4-6-19-22(14)2/h3-6,12,15H,7-11H2,1-2H3,(H,18,20)/t12-,15-/m0/s1. The van der Waals surface area contributed by atoms with Gasteiger partial charge in [0.25, 0.3) is 0 Å². The van der Waals surface area contributed by atoms with E-state index in [1.165, 1.54) is 0 Å². The maximum atomic E-state index is 13.9. The number of aromatic nitrogens is 4. The van der Waals surface area contributed by atoms with Gasteiger partial charge >= 0.3 is 0 Å². The van der Waals surface area contributed by atoms with Crippen LogP contribution in [0, 0.1) is 0 Å². The zero-order valence-corrected chi connectivity index (χ0v) is 14.0. The molecule has 1 N–H and O–H groups in total. The number of nitrogens with zero attached hydrogens (tertiary/aromatic N) is 5. The quantitative estimate of drug-likeness (QED) is 0.847. The minimum atomic E-state index is -0.848. The molecule has 1 fully saturated rings. The van der Waals surface area contributed by atoms with Crippen molar-refractivity contribution < 1.29 is 9.18 Å². The molecule has 24 heavy (non-hydrogen) atoms. The number of hydrogen-bond donors (Lipinski definition) is 1. The van der Waals surface area contributed by atoms with Gasteiger partial charge < -0.3 is 4.90 Å². The fourth-order valence-electron chi connectivity index (χ4n) is 3.17. The number of hydrogen-bond acceptors (Lipinski definition) is 4. The van der Waals surface area contributed by atoms with Crippen LogP contribution in [0.2, 0.25) is 0 Å². The molecule has 3 rings (SSSR count). The average Bonchev–Trinajstić information content (AvgIpc) is 3.24. The average molecular weight is 334 g/mol. The molecule has 7 nitrogen and oxygen atoms in total. The molecule has 0 aliphatic carbocycles. The zero-order valence-electron chi connectivity index (χ0n) is 14.0. The highest BCUT2D eigenvalue weighted by Crippen LogP contribution is 2.23. The molecule has 3 heterocycles. The van der Waals surface area contributed by atoms with Gasteiger partial charge in [0, 0.05) is 57.9 Å². The first-order chi connectivity index (χ1) is 11.5. The maximum Gasteiger partial charge on any atom is 0.228 e. The van der Waals surface area contributed by atoms with Gasteiger partial charge in [0.05, 0.1) is 12.1 Å². The van der Waals surface area contributed by atoms with Gasteiger partial charge in [-0.05, 0) is 18.6 Å². The van der Waals surface area contributed by atoms with Crippen LogP contribution in [-0.4, -0.2) is 68.0 Å². The summed E-state index contributed by atoms with van der Waals surface area (Å²) in [4.78, 5) is 16.1. The van der Waals surface area contributed by atoms with Crippen molar-refractivity contribution in [1.82, 2.24) is 29.8 Å². The van der Waals surface area contributed by atoms with Gasteiger partial charge in [-0.25, -0.2) is 4.39 Å². The van der Waals surface area contributed by atoms with Crippen LogP contribution in [0.4, 0.5) is 4.39 Å². The van der Waals surface area contributed by atoms with Crippen LogP contribution in [0.1, 0.15) is 17.8 Å². The van der Waals surface area contributed by atoms with E-state index in [0.717, 1.165) is 11.4 Å². The second-order valence-corrected chi connectivity index (χ2v) is 6.40. The first-order valence-corrected chi connectivity index (χ1v) is 8.10. The van der Waals surface area contributed by atoms with Gasteiger partial charge in [0.2, 0.25) is 5.91 Å². The number of halogens is 1. The molecule has 0 radical (unpaired) electrons. The van der Waals surface area contributed by atoms with Crippen molar-refractivity contribution in [3.63, 3.8) is 0 Å². The molecule has 8 heteroatoms. The monoisotopic (exact) mass is 334 g/mol. The van der Waals surface area contributed by atoms with Gasteiger partial charge in [-0.1, -0.05) is 0 Å². The molecule has 0 saturated carbocycles. The van der Waals surface area contributed by atoms with Crippen molar-refractivity contribution >= 4 is 5.91 Å². The number of nitrogens with one attached hydrogen (secondary N) is 1. The highest BCUT2D eigenvalue weighted by molar-refractivity contribution is 5.78. The van der Waals surface area contributed by atoms with Crippen LogP contribution in [-0.2, 0) is 24.8 Å². The summed E-state index contributed by atoms with van der Waals surface area (Å²) in [6.07, 6.45) is 3.26. The summed E-state index contributed by atoms with van der Waals surface area (Å²) in [7, 11) is 3.65. The van der Waals surface area contributed by atoms with Gasteiger partial charge in [-0.2, -0.15) is 10.2 Å². The smallest absolute Gasteiger partial charge is 0.228 e. The minimum absolute atomic E-state index is 0.00189. The topological polar surface area (TPSA) is 70.1 Å². The van der Waals surface area contributed by atoms with E-state index in [0.29, 0.717) is 26.1 Å². The summed E-state index contributed by atoms with van der Waals surface area (Å²) in [5.74, 6) is 0.00189. The summed E-state index contributed by atoms with van der Waals surface area (Å²) in [6.45, 7) is 1.56. The normalized spacial score (nSPS) is 21.3. The van der Waals surface area contributed by atoms with Crippen LogP contribution in [0.3, 0.4) is 0 Å². The molecule has 0 aromatic carbocycles. The van der Waals surface area contributed by atoms with Crippen molar-refractivity contribution in [1.29, 1.82) is 0 Å². The third kappa shape index (κ3) is 3.81. The Morgan fingerprint density at radius 1 is 1.46 bits per heavy atom. The van der Waals surface area contributed by atoms with Gasteiger partial charge in [0.1, 0.15) is 6.17 Å². The van der Waals surface area contributed by atoms with Gasteiger partial charge in [-0.15, -0.1) is 0 Å². The molecule has 0 bridgehead atoms. The molecule has 2 aromatic heterocycles. The highest BCUT2D eigenvalue weighted by atomic mass is 19.1. The fourth-order valence-corrected chi connectivity index (χ4v) is 3.17. The van der Waals surface area contributed by atoms with E-state index in [1.54, 1.807) is 35.1 Å². The number of aromatic amines is 1. The third-order valence-electron chi connectivity index (χ3n) is 4.57. The molecule has 2 aromatic rings. The largest absolute Gasteiger partial charge is 0.344 e. The lowest BCUT2D eigenvalue weighted by atomic mass is 10.2. The predicted molar refractivity (Wildman–Crippen MR) is 86.8 cm³/mol. The number of alkyl halides is 1. The van der Waals surface area contributed by atoms with E-state index < -0.39 is 6.17 Å². The lowest BCUT2D eigenvalue weighted by Gasteiger charge is -2.28. The molecule has 0 unspecified atom stereocenters. The molecule has 130 valence electrons. The van der Waals surface area contributed by atoms with Crippen LogP contribution in [0.15, 0.2) is 24.5 Å². The Labute approximate surface area is 140 Å². The van der Waals surface area contributed by atoms with Gasteiger partial charge in [0.15, 0.2) is 0 Å². The third-order valence-corrected chi connectivity index (χ3v) is 4.57. The first kappa shape index (κ1) is 16.6. The van der Waals surface area contributed by atoms with E-state index in [4.69, 9.17) is 0 Å². The molecule has 1 aliphatic heterocycles. The van der Waals surface area contributed by atoms with E-state index in [-0.39, 0.29) is 18.4 Å². The lowest BCUT2D eigenvalue weighted by Crippen LogP contribution is -2.41. The summed E-state index contributed by atoms with van der Waals surface area (Å²) in [6, 6.07) is 3.74. The van der Waals surface area contributed by atoms with E-state index in [9.17, 15) is 9.18 Å². The Hall–Kier alpha value is -2.22. The number of rotatable bonds is 6. The van der Waals surface area contributed by atoms with Crippen molar-refractivity contribution in [2.45, 2.75) is 31.6 Å². The van der Waals surface area contributed by atoms with E-state index in [1.807, 2.05) is 13.1 Å². The number of aryl methyl sites for hydroxylation is 1. The van der Waals surface area contributed by atoms with Crippen LogP contribution < -0.4 is 0 Å². The molecular weight excluding hydrogens is 311 g/mol. The number of likely N-dealkylation sites (tertiary alicyclic amines) is 1. The second-order valence-electron chi connectivity index (χ2n) is 6.40. The molecule has 0 spiro atoms. The Balaban J connectivity index is 1.59. The maximum absolute atomic E-state index is 13.9. The molecule has 1 aliphatic rings. The SMILES string of the molecule is CN(C[C@@H]1C[C@H](F)CN1Cc1ccnn1C)C(=O)Cc1ccn[nH]1. The summed E-state index contributed by atoms with van der Waals surface area (Å²) in [5.41, 5.74) is 1.83. The van der Waals surface area contributed by atoms with Gasteiger partial charge in [-0.3, -0.25) is 19.5 Å². The molecule has 1 amide bonds. The second kappa shape index (κ2) is 7.12. The predicted octanol–water partition coefficient (Wildman–Crippen LogP) is 0.757. The zero-order chi connectivity index (χ0) is 17.1. The summed E-state index contributed by atoms with van der Waals surface area (Å²) >= 11 is 0. The van der Waals surface area contributed by atoms with Crippen molar-refractivity contribution in [3.8, 4) is 0 Å². The molecular formula is C16H23FN6O. The molecule has 1 saturated heterocycles. The fraction of sp³-hybridized carbons (Fsp3) is 0.562. The molecule has 2 atom stereocenters. The summed E-state index contributed by atoms with van der Waals surface area (Å²) < 4.78 is 15.7. The number of carbonyl (C=O) groups is 1. The summed E-state index contributed by atoms with van der Waals surface area (Å²) in [5, 5.41) is 10.8. The van der Waals surface area contributed by atoms with Crippen molar-refractivity contribution in [2.75, 3.05) is 20.1 Å². The highest BCUT2D eigenvalue weighted by Gasteiger charge is 2.33. The minimum Gasteiger partial charge on any atom is -0.344 e. The van der Waals surface area contributed by atoms with E-state index in [2.05, 4.69) is 20.2 Å². The Morgan fingerprint density at radius 3 is 2.96 bits per heavy atom. The van der Waals surface area contributed by atoms with Crippen LogP contribution >= 0.6 is 0 Å². The number of carbonyl (C=O) groups excluding carboxylic acids is 1. The van der Waals surface area contributed by atoms with Crippen molar-refractivity contribution in [3.05, 3.63) is 35.9 Å². The number of amides is 1. The Bertz CT molecular complexity index is 670. The van der Waals surface area contributed by atoms with E-state index >= 15 is 0 Å². The first-order valence-electron chi connectivity index (χ1n) is 8.10. The number of H-pyrrole nitrogens is 1. The number of likely N-dealkylation sites (N-methyl/N-ethyl adjacent to an activating group) is 1.